The van der Waals surface area contributed by atoms with E-state index in [-0.39, 0.29) is 0 Å². The van der Waals surface area contributed by atoms with Gasteiger partial charge < -0.3 is 15.0 Å². The molecule has 1 amide bonds. The molecule has 2 aliphatic heterocycles. The van der Waals surface area contributed by atoms with Crippen LogP contribution in [0.4, 0.5) is 0 Å². The summed E-state index contributed by atoms with van der Waals surface area (Å²) in [5.74, 6) is 0.959. The summed E-state index contributed by atoms with van der Waals surface area (Å²) in [7, 11) is 0. The van der Waals surface area contributed by atoms with Crippen molar-refractivity contribution in [3.63, 3.8) is 0 Å². The Labute approximate surface area is 110 Å². The first-order valence-electron chi connectivity index (χ1n) is 7.39. The molecule has 0 aromatic carbocycles. The van der Waals surface area contributed by atoms with Gasteiger partial charge in [-0.15, -0.1) is 0 Å². The molecule has 0 spiro atoms. The third kappa shape index (κ3) is 3.95. The Morgan fingerprint density at radius 3 is 2.50 bits per heavy atom. The molecule has 0 saturated carbocycles. The lowest BCUT2D eigenvalue weighted by atomic mass is 9.93. The van der Waals surface area contributed by atoms with Gasteiger partial charge in [0.2, 0.25) is 5.91 Å². The standard InChI is InChI=1S/C14H26N2O2/c1-2-18-13-5-9-16(10-6-13)14(17)11-12-3-7-15-8-4-12/h12-13,15H,2-11H2,1H3. The van der Waals surface area contributed by atoms with E-state index in [1.807, 2.05) is 11.8 Å². The third-order valence-electron chi connectivity index (χ3n) is 4.12. The van der Waals surface area contributed by atoms with Gasteiger partial charge in [-0.05, 0) is 51.6 Å². The summed E-state index contributed by atoms with van der Waals surface area (Å²) < 4.78 is 5.61. The molecule has 104 valence electrons. The van der Waals surface area contributed by atoms with Crippen molar-refractivity contribution < 1.29 is 9.53 Å². The third-order valence-corrected chi connectivity index (χ3v) is 4.12. The maximum Gasteiger partial charge on any atom is 0.222 e. The summed E-state index contributed by atoms with van der Waals surface area (Å²) in [5.41, 5.74) is 0. The Kier molecular flexibility index (Phi) is 5.45. The second-order valence-corrected chi connectivity index (χ2v) is 5.43. The van der Waals surface area contributed by atoms with Crippen LogP contribution in [0, 0.1) is 5.92 Å². The van der Waals surface area contributed by atoms with Crippen LogP contribution in [-0.4, -0.2) is 49.7 Å². The van der Waals surface area contributed by atoms with Crippen LogP contribution < -0.4 is 5.32 Å². The molecule has 18 heavy (non-hydrogen) atoms. The highest BCUT2D eigenvalue weighted by molar-refractivity contribution is 5.76. The lowest BCUT2D eigenvalue weighted by Gasteiger charge is -2.33. The highest BCUT2D eigenvalue weighted by atomic mass is 16.5. The smallest absolute Gasteiger partial charge is 0.222 e. The minimum Gasteiger partial charge on any atom is -0.378 e. The van der Waals surface area contributed by atoms with E-state index in [0.29, 0.717) is 17.9 Å². The monoisotopic (exact) mass is 254 g/mol. The van der Waals surface area contributed by atoms with Crippen molar-refractivity contribution in [1.82, 2.24) is 10.2 Å². The number of hydrogen-bond donors (Lipinski definition) is 1. The molecule has 2 aliphatic rings. The highest BCUT2D eigenvalue weighted by Gasteiger charge is 2.25. The van der Waals surface area contributed by atoms with Crippen LogP contribution in [0.25, 0.3) is 0 Å². The number of ether oxygens (including phenoxy) is 1. The van der Waals surface area contributed by atoms with Gasteiger partial charge >= 0.3 is 0 Å². The molecule has 1 N–H and O–H groups in total. The van der Waals surface area contributed by atoms with E-state index in [2.05, 4.69) is 5.32 Å². The minimum atomic E-state index is 0.358. The van der Waals surface area contributed by atoms with E-state index in [4.69, 9.17) is 4.74 Å². The van der Waals surface area contributed by atoms with Crippen LogP contribution in [0.5, 0.6) is 0 Å². The number of piperidine rings is 2. The maximum absolute atomic E-state index is 12.2. The topological polar surface area (TPSA) is 41.6 Å². The second-order valence-electron chi connectivity index (χ2n) is 5.43. The number of carbonyl (C=O) groups is 1. The molecule has 0 bridgehead atoms. The van der Waals surface area contributed by atoms with E-state index in [9.17, 15) is 4.79 Å². The van der Waals surface area contributed by atoms with Crippen molar-refractivity contribution in [2.45, 2.75) is 45.1 Å². The molecule has 0 aliphatic carbocycles. The van der Waals surface area contributed by atoms with Gasteiger partial charge in [-0.3, -0.25) is 4.79 Å². The number of rotatable bonds is 4. The quantitative estimate of drug-likeness (QED) is 0.824. The largest absolute Gasteiger partial charge is 0.378 e. The van der Waals surface area contributed by atoms with Crippen LogP contribution in [-0.2, 0) is 9.53 Å². The number of nitrogens with one attached hydrogen (secondary N) is 1. The van der Waals surface area contributed by atoms with Gasteiger partial charge in [0.25, 0.3) is 0 Å². The lowest BCUT2D eigenvalue weighted by Crippen LogP contribution is -2.42. The SMILES string of the molecule is CCOC1CCN(C(=O)CC2CCNCC2)CC1. The number of carbonyl (C=O) groups excluding carboxylic acids is 1. The minimum absolute atomic E-state index is 0.358. The first-order chi connectivity index (χ1) is 8.79. The van der Waals surface area contributed by atoms with Crippen molar-refractivity contribution in [3.8, 4) is 0 Å². The Morgan fingerprint density at radius 1 is 1.22 bits per heavy atom. The van der Waals surface area contributed by atoms with Crippen molar-refractivity contribution in [2.75, 3.05) is 32.8 Å². The van der Waals surface area contributed by atoms with E-state index in [1.54, 1.807) is 0 Å². The molecule has 0 aromatic rings. The fraction of sp³-hybridized carbons (Fsp3) is 0.929. The van der Waals surface area contributed by atoms with Gasteiger partial charge in [-0.2, -0.15) is 0 Å². The average Bonchev–Trinajstić information content (AvgIpc) is 2.41. The molecule has 0 radical (unpaired) electrons. The first kappa shape index (κ1) is 13.8. The van der Waals surface area contributed by atoms with Gasteiger partial charge in [0.05, 0.1) is 6.10 Å². The van der Waals surface area contributed by atoms with Crippen molar-refractivity contribution in [1.29, 1.82) is 0 Å². The summed E-state index contributed by atoms with van der Waals surface area (Å²) in [4.78, 5) is 14.2. The molecule has 4 nitrogen and oxygen atoms in total. The zero-order chi connectivity index (χ0) is 12.8. The summed E-state index contributed by atoms with van der Waals surface area (Å²) in [6, 6.07) is 0. The lowest BCUT2D eigenvalue weighted by molar-refractivity contribution is -0.135. The predicted octanol–water partition coefficient (Wildman–Crippen LogP) is 1.40. The van der Waals surface area contributed by atoms with Gasteiger partial charge in [0.15, 0.2) is 0 Å². The Balaban J connectivity index is 1.70. The average molecular weight is 254 g/mol. The Hall–Kier alpha value is -0.610. The van der Waals surface area contributed by atoms with Gasteiger partial charge in [0, 0.05) is 26.1 Å². The first-order valence-corrected chi connectivity index (χ1v) is 7.39. The molecule has 0 atom stereocenters. The predicted molar refractivity (Wildman–Crippen MR) is 71.4 cm³/mol. The molecule has 2 rings (SSSR count). The molecule has 2 fully saturated rings. The Morgan fingerprint density at radius 2 is 1.89 bits per heavy atom. The summed E-state index contributed by atoms with van der Waals surface area (Å²) >= 11 is 0. The molecule has 4 heteroatoms. The van der Waals surface area contributed by atoms with E-state index >= 15 is 0 Å². The normalized spacial score (nSPS) is 23.3. The molecule has 0 aromatic heterocycles. The van der Waals surface area contributed by atoms with E-state index in [1.165, 1.54) is 0 Å². The van der Waals surface area contributed by atoms with E-state index < -0.39 is 0 Å². The summed E-state index contributed by atoms with van der Waals surface area (Å²) in [5, 5.41) is 3.35. The molecular weight excluding hydrogens is 228 g/mol. The van der Waals surface area contributed by atoms with Crippen LogP contribution in [0.15, 0.2) is 0 Å². The maximum atomic E-state index is 12.2. The van der Waals surface area contributed by atoms with E-state index in [0.717, 1.165) is 64.9 Å². The molecular formula is C14H26N2O2. The number of nitrogens with zero attached hydrogens (tertiary/aromatic N) is 1. The Bertz CT molecular complexity index is 257. The van der Waals surface area contributed by atoms with Gasteiger partial charge in [0.1, 0.15) is 0 Å². The number of likely N-dealkylation sites (tertiary alicyclic amines) is 1. The van der Waals surface area contributed by atoms with Gasteiger partial charge in [-0.25, -0.2) is 0 Å². The summed E-state index contributed by atoms with van der Waals surface area (Å²) in [6.07, 6.45) is 5.44. The molecule has 0 unspecified atom stereocenters. The van der Waals surface area contributed by atoms with Gasteiger partial charge in [-0.1, -0.05) is 0 Å². The number of hydrogen-bond acceptors (Lipinski definition) is 3. The van der Waals surface area contributed by atoms with Crippen LogP contribution in [0.3, 0.4) is 0 Å². The zero-order valence-electron chi connectivity index (χ0n) is 11.5. The zero-order valence-corrected chi connectivity index (χ0v) is 11.5. The second kappa shape index (κ2) is 7.10. The molecule has 2 heterocycles. The fourth-order valence-corrected chi connectivity index (χ4v) is 2.97. The number of amides is 1. The van der Waals surface area contributed by atoms with Crippen LogP contribution in [0.2, 0.25) is 0 Å². The fourth-order valence-electron chi connectivity index (χ4n) is 2.97. The van der Waals surface area contributed by atoms with Crippen molar-refractivity contribution in [3.05, 3.63) is 0 Å². The summed E-state index contributed by atoms with van der Waals surface area (Å²) in [6.45, 7) is 6.74. The van der Waals surface area contributed by atoms with Crippen LogP contribution >= 0.6 is 0 Å². The highest BCUT2D eigenvalue weighted by Crippen LogP contribution is 2.20. The van der Waals surface area contributed by atoms with Crippen molar-refractivity contribution >= 4 is 5.91 Å². The van der Waals surface area contributed by atoms with Crippen LogP contribution in [0.1, 0.15) is 39.0 Å². The van der Waals surface area contributed by atoms with Crippen molar-refractivity contribution in [2.24, 2.45) is 5.92 Å². The molecule has 2 saturated heterocycles.